The Balaban J connectivity index is 2.00. The van der Waals surface area contributed by atoms with E-state index in [0.717, 1.165) is 22.3 Å². The summed E-state index contributed by atoms with van der Waals surface area (Å²) in [6.07, 6.45) is 0. The molecular formula is C24H18N2. The number of para-hydroxylation sites is 1. The molecular weight excluding hydrogens is 316 g/mol. The zero-order valence-corrected chi connectivity index (χ0v) is 14.3. The normalized spacial score (nSPS) is 11.2. The van der Waals surface area contributed by atoms with Crippen molar-refractivity contribution in [1.29, 1.82) is 0 Å². The second kappa shape index (κ2) is 5.78. The van der Waals surface area contributed by atoms with Crippen molar-refractivity contribution in [2.75, 3.05) is 5.73 Å². The number of nitrogens with two attached hydrogens (primary N) is 1. The highest BCUT2D eigenvalue weighted by Crippen LogP contribution is 2.40. The molecule has 1 aromatic heterocycles. The lowest BCUT2D eigenvalue weighted by molar-refractivity contribution is 1.18. The first kappa shape index (κ1) is 14.8. The summed E-state index contributed by atoms with van der Waals surface area (Å²) in [4.78, 5) is 0. The van der Waals surface area contributed by atoms with E-state index < -0.39 is 0 Å². The molecule has 0 saturated heterocycles. The SMILES string of the molecule is Nc1cccc2c1c1c(-c3ccccc3)cccc1n2-c1ccccc1. The maximum atomic E-state index is 6.45. The molecule has 2 nitrogen and oxygen atoms in total. The Morgan fingerprint density at radius 2 is 1.15 bits per heavy atom. The van der Waals surface area contributed by atoms with Gasteiger partial charge in [-0.05, 0) is 41.5 Å². The molecule has 26 heavy (non-hydrogen) atoms. The molecule has 0 aliphatic carbocycles. The molecule has 0 aliphatic rings. The third kappa shape index (κ3) is 2.12. The van der Waals surface area contributed by atoms with Gasteiger partial charge in [0.1, 0.15) is 0 Å². The number of fused-ring (bicyclic) bond motifs is 3. The highest BCUT2D eigenvalue weighted by molar-refractivity contribution is 6.19. The minimum Gasteiger partial charge on any atom is -0.398 e. The van der Waals surface area contributed by atoms with E-state index in [1.165, 1.54) is 22.0 Å². The number of anilines is 1. The molecule has 0 aliphatic heterocycles. The zero-order valence-electron chi connectivity index (χ0n) is 14.3. The van der Waals surface area contributed by atoms with Gasteiger partial charge in [-0.3, -0.25) is 0 Å². The topological polar surface area (TPSA) is 30.9 Å². The van der Waals surface area contributed by atoms with Crippen molar-refractivity contribution < 1.29 is 0 Å². The lowest BCUT2D eigenvalue weighted by Crippen LogP contribution is -1.93. The number of nitrogen functional groups attached to an aromatic ring is 1. The molecule has 4 aromatic carbocycles. The first-order valence-electron chi connectivity index (χ1n) is 8.77. The molecule has 0 bridgehead atoms. The Hall–Kier alpha value is -3.52. The van der Waals surface area contributed by atoms with Crippen LogP contribution in [0, 0.1) is 0 Å². The fourth-order valence-electron chi connectivity index (χ4n) is 3.85. The van der Waals surface area contributed by atoms with Gasteiger partial charge in [-0.15, -0.1) is 0 Å². The van der Waals surface area contributed by atoms with Crippen LogP contribution in [-0.2, 0) is 0 Å². The van der Waals surface area contributed by atoms with Crippen LogP contribution in [-0.4, -0.2) is 4.57 Å². The molecule has 5 aromatic rings. The summed E-state index contributed by atoms with van der Waals surface area (Å²) in [5.74, 6) is 0. The van der Waals surface area contributed by atoms with E-state index in [1.807, 2.05) is 24.3 Å². The second-order valence-electron chi connectivity index (χ2n) is 6.48. The average Bonchev–Trinajstić information content (AvgIpc) is 3.05. The van der Waals surface area contributed by atoms with Crippen LogP contribution in [0.2, 0.25) is 0 Å². The van der Waals surface area contributed by atoms with Gasteiger partial charge in [0.15, 0.2) is 0 Å². The van der Waals surface area contributed by atoms with E-state index >= 15 is 0 Å². The molecule has 5 rings (SSSR count). The lowest BCUT2D eigenvalue weighted by Gasteiger charge is -2.08. The standard InChI is InChI=1S/C24H18N2/c25-20-14-8-16-22-24(20)23-19(17-9-3-1-4-10-17)13-7-15-21(23)26(22)18-11-5-2-6-12-18/h1-16H,25H2. The molecule has 0 fully saturated rings. The summed E-state index contributed by atoms with van der Waals surface area (Å²) in [6.45, 7) is 0. The molecule has 0 unspecified atom stereocenters. The smallest absolute Gasteiger partial charge is 0.0562 e. The van der Waals surface area contributed by atoms with Gasteiger partial charge in [0, 0.05) is 22.1 Å². The Morgan fingerprint density at radius 1 is 0.538 bits per heavy atom. The fourth-order valence-corrected chi connectivity index (χ4v) is 3.85. The van der Waals surface area contributed by atoms with Crippen LogP contribution in [0.3, 0.4) is 0 Å². The fraction of sp³-hybridized carbons (Fsp3) is 0. The molecule has 0 saturated carbocycles. The van der Waals surface area contributed by atoms with Crippen LogP contribution in [0.5, 0.6) is 0 Å². The molecule has 124 valence electrons. The first-order valence-corrected chi connectivity index (χ1v) is 8.77. The first-order chi connectivity index (χ1) is 12.8. The van der Waals surface area contributed by atoms with Crippen molar-refractivity contribution in [3.8, 4) is 16.8 Å². The highest BCUT2D eigenvalue weighted by atomic mass is 15.0. The van der Waals surface area contributed by atoms with E-state index in [0.29, 0.717) is 0 Å². The Labute approximate surface area is 152 Å². The maximum absolute atomic E-state index is 6.45. The van der Waals surface area contributed by atoms with E-state index in [-0.39, 0.29) is 0 Å². The van der Waals surface area contributed by atoms with E-state index in [4.69, 9.17) is 5.73 Å². The van der Waals surface area contributed by atoms with Crippen molar-refractivity contribution in [3.63, 3.8) is 0 Å². The van der Waals surface area contributed by atoms with Crippen molar-refractivity contribution >= 4 is 27.5 Å². The van der Waals surface area contributed by atoms with Crippen molar-refractivity contribution in [2.24, 2.45) is 0 Å². The number of benzene rings is 4. The van der Waals surface area contributed by atoms with Crippen molar-refractivity contribution in [3.05, 3.63) is 97.1 Å². The summed E-state index contributed by atoms with van der Waals surface area (Å²) in [6, 6.07) is 33.6. The summed E-state index contributed by atoms with van der Waals surface area (Å²) in [5, 5.41) is 2.32. The largest absolute Gasteiger partial charge is 0.398 e. The van der Waals surface area contributed by atoms with Gasteiger partial charge >= 0.3 is 0 Å². The Morgan fingerprint density at radius 3 is 1.88 bits per heavy atom. The van der Waals surface area contributed by atoms with Crippen LogP contribution in [0.15, 0.2) is 97.1 Å². The van der Waals surface area contributed by atoms with Crippen LogP contribution in [0.4, 0.5) is 5.69 Å². The number of hydrogen-bond acceptors (Lipinski definition) is 1. The van der Waals surface area contributed by atoms with Gasteiger partial charge in [-0.1, -0.05) is 66.7 Å². The van der Waals surface area contributed by atoms with Gasteiger partial charge < -0.3 is 10.3 Å². The summed E-state index contributed by atoms with van der Waals surface area (Å²) < 4.78 is 2.30. The zero-order chi connectivity index (χ0) is 17.5. The van der Waals surface area contributed by atoms with Crippen LogP contribution >= 0.6 is 0 Å². The van der Waals surface area contributed by atoms with E-state index in [9.17, 15) is 0 Å². The number of nitrogens with zero attached hydrogens (tertiary/aromatic N) is 1. The molecule has 2 heteroatoms. The highest BCUT2D eigenvalue weighted by Gasteiger charge is 2.17. The maximum Gasteiger partial charge on any atom is 0.0562 e. The molecule has 0 amide bonds. The number of aromatic nitrogens is 1. The van der Waals surface area contributed by atoms with Gasteiger partial charge in [0.05, 0.1) is 11.0 Å². The molecule has 1 heterocycles. The predicted octanol–water partition coefficient (Wildman–Crippen LogP) is 6.03. The summed E-state index contributed by atoms with van der Waals surface area (Å²) in [7, 11) is 0. The van der Waals surface area contributed by atoms with E-state index in [1.54, 1.807) is 0 Å². The van der Waals surface area contributed by atoms with Gasteiger partial charge in [-0.2, -0.15) is 0 Å². The Kier molecular flexibility index (Phi) is 3.29. The molecule has 0 radical (unpaired) electrons. The van der Waals surface area contributed by atoms with Crippen molar-refractivity contribution in [1.82, 2.24) is 4.57 Å². The van der Waals surface area contributed by atoms with Gasteiger partial charge in [0.25, 0.3) is 0 Å². The quantitative estimate of drug-likeness (QED) is 0.392. The third-order valence-electron chi connectivity index (χ3n) is 4.95. The summed E-state index contributed by atoms with van der Waals surface area (Å²) >= 11 is 0. The second-order valence-corrected chi connectivity index (χ2v) is 6.48. The van der Waals surface area contributed by atoms with Crippen LogP contribution in [0.1, 0.15) is 0 Å². The summed E-state index contributed by atoms with van der Waals surface area (Å²) in [5.41, 5.74) is 13.1. The predicted molar refractivity (Wildman–Crippen MR) is 111 cm³/mol. The van der Waals surface area contributed by atoms with Gasteiger partial charge in [-0.25, -0.2) is 0 Å². The number of hydrogen-bond donors (Lipinski definition) is 1. The molecule has 2 N–H and O–H groups in total. The third-order valence-corrected chi connectivity index (χ3v) is 4.95. The molecule has 0 atom stereocenters. The monoisotopic (exact) mass is 334 g/mol. The van der Waals surface area contributed by atoms with Gasteiger partial charge in [0.2, 0.25) is 0 Å². The van der Waals surface area contributed by atoms with Crippen molar-refractivity contribution in [2.45, 2.75) is 0 Å². The molecule has 0 spiro atoms. The van der Waals surface area contributed by atoms with Crippen LogP contribution in [0.25, 0.3) is 38.6 Å². The minimum absolute atomic E-state index is 0.811. The lowest BCUT2D eigenvalue weighted by atomic mass is 9.99. The average molecular weight is 334 g/mol. The van der Waals surface area contributed by atoms with Crippen LogP contribution < -0.4 is 5.73 Å². The minimum atomic E-state index is 0.811. The number of rotatable bonds is 2. The van der Waals surface area contributed by atoms with E-state index in [2.05, 4.69) is 77.4 Å². The Bertz CT molecular complexity index is 1220.